The van der Waals surface area contributed by atoms with E-state index in [1.54, 1.807) is 4.90 Å². The summed E-state index contributed by atoms with van der Waals surface area (Å²) < 4.78 is 5.35. The van der Waals surface area contributed by atoms with E-state index in [4.69, 9.17) is 4.74 Å². The van der Waals surface area contributed by atoms with E-state index in [2.05, 4.69) is 0 Å². The summed E-state index contributed by atoms with van der Waals surface area (Å²) in [6, 6.07) is 7.47. The predicted molar refractivity (Wildman–Crippen MR) is 65.2 cm³/mol. The van der Waals surface area contributed by atoms with Crippen molar-refractivity contribution in [3.05, 3.63) is 24.3 Å². The summed E-state index contributed by atoms with van der Waals surface area (Å²) in [7, 11) is 0. The average molecular weight is 235 g/mol. The Labute approximate surface area is 101 Å². The van der Waals surface area contributed by atoms with Crippen LogP contribution in [0.4, 0.5) is 5.69 Å². The molecule has 0 spiro atoms. The van der Waals surface area contributed by atoms with Crippen LogP contribution in [0.15, 0.2) is 24.3 Å². The summed E-state index contributed by atoms with van der Waals surface area (Å²) >= 11 is 0. The summed E-state index contributed by atoms with van der Waals surface area (Å²) in [5, 5.41) is 9.39. The van der Waals surface area contributed by atoms with Crippen LogP contribution in [0.2, 0.25) is 0 Å². The predicted octanol–water partition coefficient (Wildman–Crippen LogP) is 1.57. The molecule has 1 aromatic carbocycles. The summed E-state index contributed by atoms with van der Waals surface area (Å²) in [5.41, 5.74) is 0.866. The minimum atomic E-state index is -0.485. The summed E-state index contributed by atoms with van der Waals surface area (Å²) in [5.74, 6) is 0.786. The molecule has 1 aromatic rings. The molecule has 1 aliphatic heterocycles. The normalized spacial score (nSPS) is 20.5. The topological polar surface area (TPSA) is 49.8 Å². The van der Waals surface area contributed by atoms with E-state index in [0.717, 1.165) is 11.4 Å². The highest BCUT2D eigenvalue weighted by Crippen LogP contribution is 2.23. The lowest BCUT2D eigenvalue weighted by atomic mass is 10.1. The Kier molecular flexibility index (Phi) is 3.64. The Morgan fingerprint density at radius 1 is 1.41 bits per heavy atom. The number of nitrogens with zero attached hydrogens (tertiary/aromatic N) is 1. The molecule has 17 heavy (non-hydrogen) atoms. The number of anilines is 1. The molecular weight excluding hydrogens is 218 g/mol. The molecule has 1 amide bonds. The number of ether oxygens (including phenoxy) is 1. The Hall–Kier alpha value is -1.55. The molecule has 1 N–H and O–H groups in total. The highest BCUT2D eigenvalue weighted by Gasteiger charge is 2.25. The minimum Gasteiger partial charge on any atom is -0.494 e. The number of benzene rings is 1. The van der Waals surface area contributed by atoms with Crippen molar-refractivity contribution in [1.82, 2.24) is 0 Å². The van der Waals surface area contributed by atoms with E-state index < -0.39 is 6.10 Å². The molecule has 1 atom stereocenters. The van der Waals surface area contributed by atoms with Gasteiger partial charge < -0.3 is 14.7 Å². The largest absolute Gasteiger partial charge is 0.494 e. The molecule has 1 saturated heterocycles. The Morgan fingerprint density at radius 3 is 2.71 bits per heavy atom. The smallest absolute Gasteiger partial charge is 0.229 e. The zero-order chi connectivity index (χ0) is 12.3. The monoisotopic (exact) mass is 235 g/mol. The van der Waals surface area contributed by atoms with Gasteiger partial charge in [0.1, 0.15) is 5.75 Å². The van der Waals surface area contributed by atoms with Crippen LogP contribution in [-0.4, -0.2) is 30.3 Å². The van der Waals surface area contributed by atoms with Crippen molar-refractivity contribution in [2.75, 3.05) is 18.1 Å². The molecule has 4 nitrogen and oxygen atoms in total. The third kappa shape index (κ3) is 2.77. The lowest BCUT2D eigenvalue weighted by Crippen LogP contribution is -2.40. The molecule has 1 aliphatic rings. The molecule has 92 valence electrons. The Bertz CT molecular complexity index is 388. The van der Waals surface area contributed by atoms with Crippen LogP contribution >= 0.6 is 0 Å². The number of aliphatic hydroxyl groups excluding tert-OH is 1. The third-order valence-electron chi connectivity index (χ3n) is 2.86. The van der Waals surface area contributed by atoms with Crippen molar-refractivity contribution >= 4 is 11.6 Å². The van der Waals surface area contributed by atoms with Gasteiger partial charge in [-0.25, -0.2) is 0 Å². The highest BCUT2D eigenvalue weighted by molar-refractivity contribution is 5.94. The molecule has 0 saturated carbocycles. The first-order valence-electron chi connectivity index (χ1n) is 5.92. The van der Waals surface area contributed by atoms with Crippen molar-refractivity contribution in [3.63, 3.8) is 0 Å². The van der Waals surface area contributed by atoms with E-state index in [9.17, 15) is 9.90 Å². The maximum Gasteiger partial charge on any atom is 0.229 e. The standard InChI is InChI=1S/C13H17NO3/c1-2-17-12-5-3-10(4-6-12)14-8-7-11(15)9-13(14)16/h3-6,11,15H,2,7-9H2,1H3. The van der Waals surface area contributed by atoms with Crippen LogP contribution in [0.1, 0.15) is 19.8 Å². The van der Waals surface area contributed by atoms with E-state index in [1.807, 2.05) is 31.2 Å². The second-order valence-corrected chi connectivity index (χ2v) is 4.12. The van der Waals surface area contributed by atoms with Crippen molar-refractivity contribution in [1.29, 1.82) is 0 Å². The van der Waals surface area contributed by atoms with Gasteiger partial charge in [0.2, 0.25) is 5.91 Å². The average Bonchev–Trinajstić information content (AvgIpc) is 2.31. The molecule has 0 aromatic heterocycles. The van der Waals surface area contributed by atoms with Gasteiger partial charge in [0.05, 0.1) is 19.1 Å². The van der Waals surface area contributed by atoms with E-state index in [-0.39, 0.29) is 12.3 Å². The van der Waals surface area contributed by atoms with Crippen LogP contribution in [0.5, 0.6) is 5.75 Å². The maximum atomic E-state index is 11.8. The summed E-state index contributed by atoms with van der Waals surface area (Å²) in [6.07, 6.45) is 0.369. The minimum absolute atomic E-state index is 0.0205. The number of rotatable bonds is 3. The molecule has 1 heterocycles. The molecule has 1 unspecified atom stereocenters. The fraction of sp³-hybridized carbons (Fsp3) is 0.462. The van der Waals surface area contributed by atoms with Gasteiger partial charge in [-0.05, 0) is 37.6 Å². The zero-order valence-corrected chi connectivity index (χ0v) is 9.93. The van der Waals surface area contributed by atoms with Crippen molar-refractivity contribution in [2.45, 2.75) is 25.9 Å². The van der Waals surface area contributed by atoms with Crippen LogP contribution in [0.3, 0.4) is 0 Å². The van der Waals surface area contributed by atoms with E-state index in [1.165, 1.54) is 0 Å². The van der Waals surface area contributed by atoms with Gasteiger partial charge >= 0.3 is 0 Å². The summed E-state index contributed by atoms with van der Waals surface area (Å²) in [6.45, 7) is 3.14. The van der Waals surface area contributed by atoms with Gasteiger partial charge in [-0.3, -0.25) is 4.79 Å². The second kappa shape index (κ2) is 5.19. The molecule has 4 heteroatoms. The van der Waals surface area contributed by atoms with Crippen molar-refractivity contribution in [3.8, 4) is 5.75 Å². The SMILES string of the molecule is CCOc1ccc(N2CCC(O)CC2=O)cc1. The number of piperidine rings is 1. The van der Waals surface area contributed by atoms with Crippen LogP contribution in [-0.2, 0) is 4.79 Å². The van der Waals surface area contributed by atoms with Gasteiger partial charge in [0, 0.05) is 12.2 Å². The van der Waals surface area contributed by atoms with Gasteiger partial charge in [0.15, 0.2) is 0 Å². The van der Waals surface area contributed by atoms with Gasteiger partial charge in [-0.15, -0.1) is 0 Å². The lowest BCUT2D eigenvalue weighted by molar-refractivity contribution is -0.122. The van der Waals surface area contributed by atoms with Crippen LogP contribution < -0.4 is 9.64 Å². The quantitative estimate of drug-likeness (QED) is 0.865. The lowest BCUT2D eigenvalue weighted by Gasteiger charge is -2.29. The fourth-order valence-electron chi connectivity index (χ4n) is 1.98. The third-order valence-corrected chi connectivity index (χ3v) is 2.86. The molecular formula is C13H17NO3. The van der Waals surface area contributed by atoms with Gasteiger partial charge in [-0.1, -0.05) is 0 Å². The summed E-state index contributed by atoms with van der Waals surface area (Å²) in [4.78, 5) is 13.5. The van der Waals surface area contributed by atoms with Gasteiger partial charge in [-0.2, -0.15) is 0 Å². The molecule has 1 fully saturated rings. The molecule has 2 rings (SSSR count). The first-order valence-corrected chi connectivity index (χ1v) is 5.92. The van der Waals surface area contributed by atoms with Crippen LogP contribution in [0.25, 0.3) is 0 Å². The fourth-order valence-corrected chi connectivity index (χ4v) is 1.98. The molecule has 0 bridgehead atoms. The Balaban J connectivity index is 2.09. The zero-order valence-electron chi connectivity index (χ0n) is 9.93. The number of hydrogen-bond acceptors (Lipinski definition) is 3. The molecule has 0 radical (unpaired) electrons. The number of hydrogen-bond donors (Lipinski definition) is 1. The maximum absolute atomic E-state index is 11.8. The van der Waals surface area contributed by atoms with Crippen molar-refractivity contribution in [2.24, 2.45) is 0 Å². The number of aliphatic hydroxyl groups is 1. The van der Waals surface area contributed by atoms with Crippen LogP contribution in [0, 0.1) is 0 Å². The first kappa shape index (κ1) is 11.9. The van der Waals surface area contributed by atoms with Gasteiger partial charge in [0.25, 0.3) is 0 Å². The number of amides is 1. The number of carbonyl (C=O) groups excluding carboxylic acids is 1. The second-order valence-electron chi connectivity index (χ2n) is 4.12. The Morgan fingerprint density at radius 2 is 2.12 bits per heavy atom. The molecule has 0 aliphatic carbocycles. The van der Waals surface area contributed by atoms with E-state index >= 15 is 0 Å². The highest BCUT2D eigenvalue weighted by atomic mass is 16.5. The first-order chi connectivity index (χ1) is 8.20. The van der Waals surface area contributed by atoms with E-state index in [0.29, 0.717) is 19.6 Å². The van der Waals surface area contributed by atoms with Crippen molar-refractivity contribution < 1.29 is 14.6 Å². The number of carbonyl (C=O) groups is 1.